The Morgan fingerprint density at radius 2 is 1.38 bits per heavy atom. The first-order valence-corrected chi connectivity index (χ1v) is 13.5. The summed E-state index contributed by atoms with van der Waals surface area (Å²) in [5.74, 6) is 2.50. The molecule has 3 aromatic heterocycles. The molecule has 0 saturated carbocycles. The standard InChI is InChI=1S/C34H26N4O/c1-2-8-31-28(7-1)29-14-13-27(22-32(29)38(31)33-20-25(15-17-35-33)37-18-3-4-19-37)39-26-12-11-23-9-10-24-6-5-16-36-34(24)30(23)21-26/h1-2,5-17,20-22H,3-4,18-19H2. The van der Waals surface area contributed by atoms with E-state index in [0.29, 0.717) is 0 Å². The number of nitrogens with zero attached hydrogens (tertiary/aromatic N) is 4. The van der Waals surface area contributed by atoms with Crippen molar-refractivity contribution in [3.8, 4) is 17.3 Å². The zero-order valence-corrected chi connectivity index (χ0v) is 21.4. The first-order chi connectivity index (χ1) is 19.3. The molecule has 0 amide bonds. The summed E-state index contributed by atoms with van der Waals surface area (Å²) < 4.78 is 8.72. The first-order valence-electron chi connectivity index (χ1n) is 13.5. The van der Waals surface area contributed by atoms with E-state index in [-0.39, 0.29) is 0 Å². The lowest BCUT2D eigenvalue weighted by Gasteiger charge is -2.18. The fourth-order valence-corrected chi connectivity index (χ4v) is 6.00. The number of fused-ring (bicyclic) bond motifs is 6. The number of hydrogen-bond acceptors (Lipinski definition) is 4. The van der Waals surface area contributed by atoms with Crippen molar-refractivity contribution in [3.63, 3.8) is 0 Å². The molecular formula is C34H26N4O. The van der Waals surface area contributed by atoms with Crippen molar-refractivity contribution in [2.45, 2.75) is 12.8 Å². The van der Waals surface area contributed by atoms with Gasteiger partial charge in [-0.2, -0.15) is 0 Å². The summed E-state index contributed by atoms with van der Waals surface area (Å²) in [6.45, 7) is 2.20. The van der Waals surface area contributed by atoms with Gasteiger partial charge >= 0.3 is 0 Å². The Labute approximate surface area is 225 Å². The number of ether oxygens (including phenoxy) is 1. The number of para-hydroxylation sites is 1. The van der Waals surface area contributed by atoms with E-state index in [0.717, 1.165) is 63.1 Å². The van der Waals surface area contributed by atoms with Gasteiger partial charge in [0.2, 0.25) is 0 Å². The molecule has 5 nitrogen and oxygen atoms in total. The SMILES string of the molecule is c1cnc2c(c1)ccc1ccc(Oc3ccc4c5ccccc5n(-c5cc(N6CCCC6)ccn5)c4c3)cc12. The monoisotopic (exact) mass is 506 g/mol. The van der Waals surface area contributed by atoms with Crippen molar-refractivity contribution in [2.75, 3.05) is 18.0 Å². The van der Waals surface area contributed by atoms with E-state index >= 15 is 0 Å². The highest BCUT2D eigenvalue weighted by atomic mass is 16.5. The molecule has 1 aliphatic rings. The van der Waals surface area contributed by atoms with Crippen molar-refractivity contribution in [2.24, 2.45) is 0 Å². The Balaban J connectivity index is 1.26. The molecule has 0 atom stereocenters. The number of rotatable bonds is 4. The summed E-state index contributed by atoms with van der Waals surface area (Å²) in [6.07, 6.45) is 6.26. The molecule has 4 heterocycles. The van der Waals surface area contributed by atoms with Crippen molar-refractivity contribution in [3.05, 3.63) is 109 Å². The first kappa shape index (κ1) is 22.1. The molecule has 0 radical (unpaired) electrons. The third-order valence-corrected chi connectivity index (χ3v) is 7.87. The molecule has 39 heavy (non-hydrogen) atoms. The molecule has 0 N–H and O–H groups in total. The van der Waals surface area contributed by atoms with Crippen molar-refractivity contribution < 1.29 is 4.74 Å². The molecule has 5 heteroatoms. The average Bonchev–Trinajstić information content (AvgIpc) is 3.64. The lowest BCUT2D eigenvalue weighted by molar-refractivity contribution is 0.484. The van der Waals surface area contributed by atoms with Crippen molar-refractivity contribution in [1.82, 2.24) is 14.5 Å². The van der Waals surface area contributed by atoms with Gasteiger partial charge in [0.25, 0.3) is 0 Å². The highest BCUT2D eigenvalue weighted by Gasteiger charge is 2.17. The molecule has 0 unspecified atom stereocenters. The predicted octanol–water partition coefficient (Wildman–Crippen LogP) is 8.27. The van der Waals surface area contributed by atoms with Gasteiger partial charge < -0.3 is 9.64 Å². The van der Waals surface area contributed by atoms with Crippen LogP contribution in [-0.2, 0) is 0 Å². The molecule has 0 aliphatic carbocycles. The van der Waals surface area contributed by atoms with Gasteiger partial charge in [-0.1, -0.05) is 42.5 Å². The quantitative estimate of drug-likeness (QED) is 0.225. The van der Waals surface area contributed by atoms with Gasteiger partial charge in [-0.25, -0.2) is 4.98 Å². The molecule has 1 aliphatic heterocycles. The summed E-state index contributed by atoms with van der Waals surface area (Å²) in [7, 11) is 0. The van der Waals surface area contributed by atoms with Crippen LogP contribution in [0.3, 0.4) is 0 Å². The molecule has 0 spiro atoms. The summed E-state index contributed by atoms with van der Waals surface area (Å²) in [5, 5.41) is 5.74. The van der Waals surface area contributed by atoms with Crippen LogP contribution in [0.2, 0.25) is 0 Å². The maximum Gasteiger partial charge on any atom is 0.139 e. The van der Waals surface area contributed by atoms with Gasteiger partial charge in [-0.3, -0.25) is 9.55 Å². The fraction of sp³-hybridized carbons (Fsp3) is 0.118. The highest BCUT2D eigenvalue weighted by molar-refractivity contribution is 6.09. The molecule has 1 saturated heterocycles. The molecule has 0 bridgehead atoms. The number of anilines is 1. The lowest BCUT2D eigenvalue weighted by Crippen LogP contribution is -2.17. The van der Waals surface area contributed by atoms with E-state index in [1.165, 1.54) is 29.3 Å². The number of aromatic nitrogens is 3. The summed E-state index contributed by atoms with van der Waals surface area (Å²) in [5.41, 5.74) is 4.43. The van der Waals surface area contributed by atoms with Crippen LogP contribution >= 0.6 is 0 Å². The van der Waals surface area contributed by atoms with E-state index in [4.69, 9.17) is 9.72 Å². The molecule has 1 fully saturated rings. The highest BCUT2D eigenvalue weighted by Crippen LogP contribution is 2.36. The lowest BCUT2D eigenvalue weighted by atomic mass is 10.1. The van der Waals surface area contributed by atoms with Crippen LogP contribution in [0.5, 0.6) is 11.5 Å². The second-order valence-electron chi connectivity index (χ2n) is 10.2. The topological polar surface area (TPSA) is 43.2 Å². The molecule has 4 aromatic carbocycles. The summed E-state index contributed by atoms with van der Waals surface area (Å²) in [6, 6.07) is 33.7. The maximum atomic E-state index is 6.47. The Morgan fingerprint density at radius 3 is 2.33 bits per heavy atom. The Morgan fingerprint density at radius 1 is 0.590 bits per heavy atom. The maximum absolute atomic E-state index is 6.47. The minimum absolute atomic E-state index is 0.787. The van der Waals surface area contributed by atoms with E-state index < -0.39 is 0 Å². The van der Waals surface area contributed by atoms with E-state index in [1.54, 1.807) is 0 Å². The minimum Gasteiger partial charge on any atom is -0.457 e. The van der Waals surface area contributed by atoms with E-state index in [2.05, 4.69) is 99.4 Å². The van der Waals surface area contributed by atoms with Crippen LogP contribution in [0.15, 0.2) is 109 Å². The Hall–Kier alpha value is -4.90. The van der Waals surface area contributed by atoms with Crippen LogP contribution in [0.25, 0.3) is 49.3 Å². The Kier molecular flexibility index (Phi) is 5.02. The second kappa shape index (κ2) is 8.84. The van der Waals surface area contributed by atoms with Gasteiger partial charge in [-0.15, -0.1) is 0 Å². The number of hydrogen-bond donors (Lipinski definition) is 0. The van der Waals surface area contributed by atoms with E-state index in [9.17, 15) is 0 Å². The molecular weight excluding hydrogens is 480 g/mol. The fourth-order valence-electron chi connectivity index (χ4n) is 6.00. The smallest absolute Gasteiger partial charge is 0.139 e. The van der Waals surface area contributed by atoms with Crippen molar-refractivity contribution in [1.29, 1.82) is 0 Å². The zero-order valence-electron chi connectivity index (χ0n) is 21.4. The second-order valence-corrected chi connectivity index (χ2v) is 10.2. The van der Waals surface area contributed by atoms with Gasteiger partial charge in [-0.05, 0) is 60.7 Å². The van der Waals surface area contributed by atoms with E-state index in [1.807, 2.05) is 24.5 Å². The molecule has 188 valence electrons. The van der Waals surface area contributed by atoms with Crippen LogP contribution in [-0.4, -0.2) is 27.6 Å². The summed E-state index contributed by atoms with van der Waals surface area (Å²) in [4.78, 5) is 11.9. The number of pyridine rings is 2. The van der Waals surface area contributed by atoms with Crippen LogP contribution in [0, 0.1) is 0 Å². The van der Waals surface area contributed by atoms with Gasteiger partial charge in [0.05, 0.1) is 16.6 Å². The van der Waals surface area contributed by atoms with Crippen molar-refractivity contribution >= 4 is 49.2 Å². The normalized spacial score (nSPS) is 13.7. The largest absolute Gasteiger partial charge is 0.457 e. The van der Waals surface area contributed by atoms with Gasteiger partial charge in [0, 0.05) is 64.8 Å². The minimum atomic E-state index is 0.787. The summed E-state index contributed by atoms with van der Waals surface area (Å²) >= 11 is 0. The Bertz CT molecular complexity index is 2020. The predicted molar refractivity (Wildman–Crippen MR) is 159 cm³/mol. The number of benzene rings is 4. The third kappa shape index (κ3) is 3.69. The van der Waals surface area contributed by atoms with Gasteiger partial charge in [0.1, 0.15) is 17.3 Å². The van der Waals surface area contributed by atoms with Crippen LogP contribution in [0.1, 0.15) is 12.8 Å². The van der Waals surface area contributed by atoms with Gasteiger partial charge in [0.15, 0.2) is 0 Å². The molecule has 8 rings (SSSR count). The average molecular weight is 507 g/mol. The van der Waals surface area contributed by atoms with Crippen LogP contribution in [0.4, 0.5) is 5.69 Å². The molecule has 7 aromatic rings. The third-order valence-electron chi connectivity index (χ3n) is 7.87. The zero-order chi connectivity index (χ0) is 25.8. The van der Waals surface area contributed by atoms with Crippen LogP contribution < -0.4 is 9.64 Å².